The maximum Gasteiger partial charge on any atom is 1.00 e. The van der Waals surface area contributed by atoms with Gasteiger partial charge in [-0.1, -0.05) is 0 Å². The van der Waals surface area contributed by atoms with Crippen molar-refractivity contribution in [3.05, 3.63) is 0 Å². The molecule has 0 saturated heterocycles. The van der Waals surface area contributed by atoms with Gasteiger partial charge in [0.25, 0.3) is 0 Å². The number of aliphatic carboxylic acids is 1. The summed E-state index contributed by atoms with van der Waals surface area (Å²) in [6, 6.07) is 0. The average Bonchev–Trinajstić information content (AvgIpc) is 1.65. The van der Waals surface area contributed by atoms with Gasteiger partial charge in [0.05, 0.1) is 0 Å². The number of carbonyl (C=O) groups is 1. The Morgan fingerprint density at radius 1 is 1.60 bits per heavy atom. The van der Waals surface area contributed by atoms with E-state index in [2.05, 4.69) is 0 Å². The van der Waals surface area contributed by atoms with E-state index in [0.29, 0.717) is 0 Å². The number of alkyl halides is 1. The second kappa shape index (κ2) is 12.6. The van der Waals surface area contributed by atoms with Gasteiger partial charge in [0.2, 0.25) is 0 Å². The zero-order valence-electron chi connectivity index (χ0n) is 5.73. The van der Waals surface area contributed by atoms with E-state index in [0.717, 1.165) is 6.92 Å². The van der Waals surface area contributed by atoms with Gasteiger partial charge in [-0.15, -0.1) is 0 Å². The summed E-state index contributed by atoms with van der Waals surface area (Å²) in [6.45, 7) is -0.556. The third-order valence-electron chi connectivity index (χ3n) is 0.117. The number of carboxylic acid groups (broad SMARTS) is 1. The number of carbonyl (C=O) groups excluding carboxylic acids is 1. The van der Waals surface area contributed by atoms with Crippen LogP contribution in [-0.4, -0.2) is 19.8 Å². The molecule has 0 N–H and O–H groups in total. The molecular formula is C3H5BF3KO2. The normalized spacial score (nSPS) is 6.40. The fraction of sp³-hybridized carbons (Fsp3) is 0.667. The minimum Gasteiger partial charge on any atom is -0.550 e. The van der Waals surface area contributed by atoms with Crippen LogP contribution in [0.25, 0.3) is 0 Å². The van der Waals surface area contributed by atoms with Crippen LogP contribution in [0, 0.1) is 0 Å². The quantitative estimate of drug-likeness (QED) is 0.396. The molecule has 0 spiro atoms. The van der Waals surface area contributed by atoms with Gasteiger partial charge in [-0.05, 0) is 6.92 Å². The minimum absolute atomic E-state index is 0. The molecule has 0 bridgehead atoms. The molecule has 0 heterocycles. The number of hydrogen-bond donors (Lipinski definition) is 0. The second-order valence-electron chi connectivity index (χ2n) is 1.04. The van der Waals surface area contributed by atoms with Gasteiger partial charge in [0.1, 0.15) is 6.57 Å². The van der Waals surface area contributed by atoms with E-state index in [9.17, 15) is 13.0 Å². The molecule has 0 aromatic heterocycles. The molecule has 54 valence electrons. The predicted molar refractivity (Wildman–Crippen MR) is 24.6 cm³/mol. The van der Waals surface area contributed by atoms with Gasteiger partial charge >= 0.3 is 58.7 Å². The predicted octanol–water partition coefficient (Wildman–Crippen LogP) is -3.32. The van der Waals surface area contributed by atoms with Crippen molar-refractivity contribution in [2.75, 3.05) is 6.57 Å². The Labute approximate surface area is 99.8 Å². The molecule has 0 aromatic rings. The molecule has 0 saturated carbocycles. The first-order valence-corrected chi connectivity index (χ1v) is 2.02. The van der Waals surface area contributed by atoms with Crippen molar-refractivity contribution in [3.8, 4) is 0 Å². The number of carboxylic acids is 1. The van der Waals surface area contributed by atoms with E-state index in [1.54, 1.807) is 0 Å². The molecule has 2 nitrogen and oxygen atoms in total. The van der Waals surface area contributed by atoms with Crippen molar-refractivity contribution >= 4 is 13.2 Å². The molecule has 0 aromatic carbocycles. The molecule has 0 aliphatic carbocycles. The summed E-state index contributed by atoms with van der Waals surface area (Å²) in [5.41, 5.74) is 0. The second-order valence-corrected chi connectivity index (χ2v) is 1.04. The van der Waals surface area contributed by atoms with E-state index in [1.807, 2.05) is 0 Å². The molecule has 0 unspecified atom stereocenters. The Hall–Kier alpha value is 0.961. The van der Waals surface area contributed by atoms with Gasteiger partial charge in [-0.25, -0.2) is 0 Å². The largest absolute Gasteiger partial charge is 1.00 e. The summed E-state index contributed by atoms with van der Waals surface area (Å²) in [6.07, 6.45) is 0. The molecule has 0 radical (unpaired) electrons. The first kappa shape index (κ1) is 17.2. The van der Waals surface area contributed by atoms with Crippen molar-refractivity contribution < 1.29 is 74.3 Å². The smallest absolute Gasteiger partial charge is 0.550 e. The summed E-state index contributed by atoms with van der Waals surface area (Å²) in [7, 11) is -2.78. The van der Waals surface area contributed by atoms with Crippen molar-refractivity contribution in [1.82, 2.24) is 0 Å². The summed E-state index contributed by atoms with van der Waals surface area (Å²) >= 11 is 0. The van der Waals surface area contributed by atoms with E-state index in [1.165, 1.54) is 0 Å². The Bertz CT molecular complexity index is 78.1. The Morgan fingerprint density at radius 2 is 1.70 bits per heavy atom. The molecular weight excluding hydrogens is 175 g/mol. The van der Waals surface area contributed by atoms with Crippen LogP contribution in [-0.2, 0) is 4.79 Å². The maximum atomic E-state index is 10.4. The fourth-order valence-corrected chi connectivity index (χ4v) is 0. The molecule has 10 heavy (non-hydrogen) atoms. The van der Waals surface area contributed by atoms with Gasteiger partial charge in [0, 0.05) is 5.97 Å². The van der Waals surface area contributed by atoms with E-state index in [4.69, 9.17) is 9.90 Å². The Balaban J connectivity index is -0.0000000910. The van der Waals surface area contributed by atoms with Crippen molar-refractivity contribution in [1.29, 1.82) is 0 Å². The van der Waals surface area contributed by atoms with Crippen LogP contribution in [0.2, 0.25) is 0 Å². The van der Waals surface area contributed by atoms with Crippen molar-refractivity contribution in [2.45, 2.75) is 6.92 Å². The Kier molecular flexibility index (Phi) is 21.7. The fourth-order valence-electron chi connectivity index (χ4n) is 0. The van der Waals surface area contributed by atoms with Gasteiger partial charge in [0.15, 0.2) is 0 Å². The molecule has 0 amide bonds. The van der Waals surface area contributed by atoms with Crippen molar-refractivity contribution in [2.24, 2.45) is 0 Å². The molecule has 0 rings (SSSR count). The van der Waals surface area contributed by atoms with E-state index in [-0.39, 0.29) is 51.4 Å². The number of halogens is 3. The first-order valence-electron chi connectivity index (χ1n) is 2.02. The van der Waals surface area contributed by atoms with Crippen LogP contribution in [0.5, 0.6) is 0 Å². The molecule has 7 heteroatoms. The van der Waals surface area contributed by atoms with E-state index >= 15 is 0 Å². The topological polar surface area (TPSA) is 40.1 Å². The number of rotatable bonds is 1. The summed E-state index contributed by atoms with van der Waals surface area (Å²) < 4.78 is 31.1. The average molecular weight is 180 g/mol. The van der Waals surface area contributed by atoms with Gasteiger partial charge < -0.3 is 9.90 Å². The third-order valence-corrected chi connectivity index (χ3v) is 0.117. The summed E-state index contributed by atoms with van der Waals surface area (Å²) in [5.74, 6) is -1.08. The first-order chi connectivity index (χ1) is 4.00. The SMILES string of the molecule is CC(=O)[O-].FCB(F)F.[K+]. The monoisotopic (exact) mass is 180 g/mol. The molecule has 0 atom stereocenters. The van der Waals surface area contributed by atoms with Crippen LogP contribution in [0.4, 0.5) is 13.0 Å². The molecule has 0 aliphatic rings. The standard InChI is InChI=1S/C2H4O2.CH2BF3.K/c1-2(3)4;3-1-2(4)5;/h1H3,(H,3,4);1H2;/q;;+1/p-1. The van der Waals surface area contributed by atoms with Gasteiger partial charge in [-0.2, -0.15) is 0 Å². The Morgan fingerprint density at radius 3 is 1.70 bits per heavy atom. The van der Waals surface area contributed by atoms with Crippen LogP contribution in [0.3, 0.4) is 0 Å². The van der Waals surface area contributed by atoms with Crippen molar-refractivity contribution in [3.63, 3.8) is 0 Å². The third kappa shape index (κ3) is 64.8. The summed E-state index contributed by atoms with van der Waals surface area (Å²) in [4.78, 5) is 8.89. The summed E-state index contributed by atoms with van der Waals surface area (Å²) in [5, 5.41) is 8.89. The van der Waals surface area contributed by atoms with Gasteiger partial charge in [-0.3, -0.25) is 13.0 Å². The van der Waals surface area contributed by atoms with Crippen LogP contribution >= 0.6 is 0 Å². The molecule has 0 aliphatic heterocycles. The maximum absolute atomic E-state index is 10.4. The van der Waals surface area contributed by atoms with Crippen LogP contribution < -0.4 is 56.5 Å². The minimum atomic E-state index is -2.78. The zero-order chi connectivity index (χ0) is 7.86. The van der Waals surface area contributed by atoms with Crippen LogP contribution in [0.15, 0.2) is 0 Å². The number of hydrogen-bond acceptors (Lipinski definition) is 2. The van der Waals surface area contributed by atoms with Crippen LogP contribution in [0.1, 0.15) is 6.92 Å². The zero-order valence-corrected chi connectivity index (χ0v) is 8.86. The van der Waals surface area contributed by atoms with E-state index < -0.39 is 19.8 Å². The molecule has 0 fully saturated rings.